The maximum Gasteiger partial charge on any atom is 0.0802 e. The number of nitrogens with one attached hydrogen (secondary N) is 1. The van der Waals surface area contributed by atoms with Crippen molar-refractivity contribution in [1.82, 2.24) is 10.2 Å². The molecule has 0 atom stereocenters. The van der Waals surface area contributed by atoms with Crippen molar-refractivity contribution in [3.05, 3.63) is 0 Å². The van der Waals surface area contributed by atoms with Gasteiger partial charge in [-0.1, -0.05) is 0 Å². The second-order valence-electron chi connectivity index (χ2n) is 5.20. The quantitative estimate of drug-likeness (QED) is 0.759. The third kappa shape index (κ3) is 2.71. The molecule has 1 aliphatic carbocycles. The Bertz CT molecular complexity index is 190. The van der Waals surface area contributed by atoms with Gasteiger partial charge < -0.3 is 15.0 Å². The van der Waals surface area contributed by atoms with Gasteiger partial charge in [0.05, 0.1) is 5.60 Å². The Morgan fingerprint density at radius 2 is 2.00 bits per heavy atom. The summed E-state index contributed by atoms with van der Waals surface area (Å²) in [7, 11) is 4.06. The van der Waals surface area contributed by atoms with Crippen molar-refractivity contribution in [3.63, 3.8) is 0 Å². The molecule has 0 aromatic carbocycles. The fourth-order valence-corrected chi connectivity index (χ4v) is 2.57. The fraction of sp³-hybridized carbons (Fsp3) is 1.00. The van der Waals surface area contributed by atoms with Crippen molar-refractivity contribution in [1.29, 1.82) is 0 Å². The van der Waals surface area contributed by atoms with Crippen LogP contribution in [0, 0.1) is 0 Å². The minimum absolute atomic E-state index is 0.184. The van der Waals surface area contributed by atoms with E-state index in [0.29, 0.717) is 6.04 Å². The number of nitrogens with zero attached hydrogens (tertiary/aromatic N) is 1. The molecule has 1 heterocycles. The average Bonchev–Trinajstić information content (AvgIpc) is 2.20. The summed E-state index contributed by atoms with van der Waals surface area (Å²) in [6.45, 7) is 3.52. The van der Waals surface area contributed by atoms with Crippen LogP contribution in [0.2, 0.25) is 0 Å². The molecule has 0 aromatic rings. The van der Waals surface area contributed by atoms with Gasteiger partial charge in [0, 0.05) is 19.7 Å². The Balaban J connectivity index is 1.69. The lowest BCUT2D eigenvalue weighted by atomic mass is 9.79. The molecule has 0 radical (unpaired) electrons. The number of methoxy groups -OCH3 is 1. The Labute approximate surface area is 93.2 Å². The second kappa shape index (κ2) is 4.81. The van der Waals surface area contributed by atoms with Crippen LogP contribution in [0.25, 0.3) is 0 Å². The summed E-state index contributed by atoms with van der Waals surface area (Å²) >= 11 is 0. The van der Waals surface area contributed by atoms with Crippen molar-refractivity contribution >= 4 is 0 Å². The van der Waals surface area contributed by atoms with Crippen LogP contribution in [0.15, 0.2) is 0 Å². The molecule has 0 unspecified atom stereocenters. The van der Waals surface area contributed by atoms with Crippen LogP contribution in [-0.4, -0.2) is 50.3 Å². The molecule has 1 saturated carbocycles. The lowest BCUT2D eigenvalue weighted by molar-refractivity contribution is -0.0716. The first-order valence-electron chi connectivity index (χ1n) is 6.21. The average molecular weight is 212 g/mol. The van der Waals surface area contributed by atoms with E-state index in [4.69, 9.17) is 4.74 Å². The maximum atomic E-state index is 5.61. The number of piperidine rings is 1. The van der Waals surface area contributed by atoms with E-state index >= 15 is 0 Å². The smallest absolute Gasteiger partial charge is 0.0802 e. The zero-order valence-corrected chi connectivity index (χ0v) is 10.1. The third-order valence-electron chi connectivity index (χ3n) is 4.13. The van der Waals surface area contributed by atoms with Crippen molar-refractivity contribution in [2.24, 2.45) is 0 Å². The molecule has 2 rings (SSSR count). The van der Waals surface area contributed by atoms with Gasteiger partial charge in [-0.25, -0.2) is 0 Å². The first-order chi connectivity index (χ1) is 7.24. The van der Waals surface area contributed by atoms with E-state index in [9.17, 15) is 0 Å². The van der Waals surface area contributed by atoms with E-state index in [1.165, 1.54) is 45.2 Å². The SMILES string of the molecule is COC1(CNC2CCN(C)CC2)CCC1. The molecule has 0 aromatic heterocycles. The summed E-state index contributed by atoms with van der Waals surface area (Å²) in [5, 5.41) is 3.68. The van der Waals surface area contributed by atoms with Crippen LogP contribution in [-0.2, 0) is 4.74 Å². The standard InChI is InChI=1S/C12H24N2O/c1-14-8-4-11(5-9-14)13-10-12(15-2)6-3-7-12/h11,13H,3-10H2,1-2H3. The van der Waals surface area contributed by atoms with E-state index in [1.807, 2.05) is 7.11 Å². The first kappa shape index (κ1) is 11.4. The molecule has 0 spiro atoms. The van der Waals surface area contributed by atoms with Crippen LogP contribution in [0.3, 0.4) is 0 Å². The Hall–Kier alpha value is -0.120. The van der Waals surface area contributed by atoms with Crippen LogP contribution in [0.5, 0.6) is 0 Å². The Morgan fingerprint density at radius 3 is 2.47 bits per heavy atom. The fourth-order valence-electron chi connectivity index (χ4n) is 2.57. The molecular formula is C12H24N2O. The largest absolute Gasteiger partial charge is 0.377 e. The lowest BCUT2D eigenvalue weighted by Crippen LogP contribution is -2.52. The summed E-state index contributed by atoms with van der Waals surface area (Å²) in [6, 6.07) is 0.717. The maximum absolute atomic E-state index is 5.61. The summed E-state index contributed by atoms with van der Waals surface area (Å²) in [4.78, 5) is 2.41. The molecule has 0 bridgehead atoms. The van der Waals surface area contributed by atoms with Gasteiger partial charge in [-0.3, -0.25) is 0 Å². The monoisotopic (exact) mass is 212 g/mol. The number of rotatable bonds is 4. The molecule has 1 saturated heterocycles. The molecule has 15 heavy (non-hydrogen) atoms. The summed E-state index contributed by atoms with van der Waals surface area (Å²) in [5.74, 6) is 0. The highest BCUT2D eigenvalue weighted by atomic mass is 16.5. The number of hydrogen-bond acceptors (Lipinski definition) is 3. The second-order valence-corrected chi connectivity index (χ2v) is 5.20. The van der Waals surface area contributed by atoms with Crippen molar-refractivity contribution in [2.75, 3.05) is 33.8 Å². The van der Waals surface area contributed by atoms with Crippen molar-refractivity contribution < 1.29 is 4.74 Å². The predicted molar refractivity (Wildman–Crippen MR) is 62.1 cm³/mol. The van der Waals surface area contributed by atoms with E-state index in [-0.39, 0.29) is 5.60 Å². The minimum Gasteiger partial charge on any atom is -0.377 e. The zero-order valence-electron chi connectivity index (χ0n) is 10.1. The van der Waals surface area contributed by atoms with Gasteiger partial charge in [0.2, 0.25) is 0 Å². The van der Waals surface area contributed by atoms with Crippen LogP contribution in [0.4, 0.5) is 0 Å². The van der Waals surface area contributed by atoms with E-state index in [1.54, 1.807) is 0 Å². The lowest BCUT2D eigenvalue weighted by Gasteiger charge is -2.42. The van der Waals surface area contributed by atoms with Crippen molar-refractivity contribution in [3.8, 4) is 0 Å². The summed E-state index contributed by atoms with van der Waals surface area (Å²) in [5.41, 5.74) is 0.184. The van der Waals surface area contributed by atoms with E-state index in [2.05, 4.69) is 17.3 Å². The third-order valence-corrected chi connectivity index (χ3v) is 4.13. The highest BCUT2D eigenvalue weighted by Crippen LogP contribution is 2.34. The highest BCUT2D eigenvalue weighted by Gasteiger charge is 2.37. The van der Waals surface area contributed by atoms with Gasteiger partial charge in [0.1, 0.15) is 0 Å². The normalized spacial score (nSPS) is 27.6. The van der Waals surface area contributed by atoms with Gasteiger partial charge in [0.15, 0.2) is 0 Å². The van der Waals surface area contributed by atoms with Gasteiger partial charge in [-0.2, -0.15) is 0 Å². The van der Waals surface area contributed by atoms with E-state index < -0.39 is 0 Å². The summed E-state index contributed by atoms with van der Waals surface area (Å²) < 4.78 is 5.61. The van der Waals surface area contributed by atoms with Crippen LogP contribution in [0.1, 0.15) is 32.1 Å². The zero-order chi connectivity index (χ0) is 10.7. The minimum atomic E-state index is 0.184. The van der Waals surface area contributed by atoms with Gasteiger partial charge in [-0.15, -0.1) is 0 Å². The van der Waals surface area contributed by atoms with Crippen molar-refractivity contribution in [2.45, 2.75) is 43.7 Å². The topological polar surface area (TPSA) is 24.5 Å². The molecule has 0 amide bonds. The first-order valence-corrected chi connectivity index (χ1v) is 6.21. The van der Waals surface area contributed by atoms with Gasteiger partial charge in [-0.05, 0) is 52.2 Å². The highest BCUT2D eigenvalue weighted by molar-refractivity contribution is 4.92. The molecule has 2 aliphatic rings. The molecular weight excluding hydrogens is 188 g/mol. The predicted octanol–water partition coefficient (Wildman–Crippen LogP) is 1.24. The molecule has 1 N–H and O–H groups in total. The molecule has 3 nitrogen and oxygen atoms in total. The van der Waals surface area contributed by atoms with Gasteiger partial charge in [0.25, 0.3) is 0 Å². The number of likely N-dealkylation sites (tertiary alicyclic amines) is 1. The molecule has 3 heteroatoms. The van der Waals surface area contributed by atoms with Gasteiger partial charge >= 0.3 is 0 Å². The van der Waals surface area contributed by atoms with Crippen LogP contribution < -0.4 is 5.32 Å². The molecule has 2 fully saturated rings. The number of hydrogen-bond donors (Lipinski definition) is 1. The van der Waals surface area contributed by atoms with Crippen LogP contribution >= 0.6 is 0 Å². The summed E-state index contributed by atoms with van der Waals surface area (Å²) in [6.07, 6.45) is 6.39. The number of ether oxygens (including phenoxy) is 1. The Kier molecular flexibility index (Phi) is 3.65. The van der Waals surface area contributed by atoms with E-state index in [0.717, 1.165) is 6.54 Å². The molecule has 88 valence electrons. The Morgan fingerprint density at radius 1 is 1.33 bits per heavy atom. The molecule has 1 aliphatic heterocycles.